The molecule has 0 spiro atoms. The summed E-state index contributed by atoms with van der Waals surface area (Å²) < 4.78 is 5.08. The number of hydrogen-bond donors (Lipinski definition) is 0. The van der Waals surface area contributed by atoms with Gasteiger partial charge < -0.3 is 4.74 Å². The van der Waals surface area contributed by atoms with Crippen molar-refractivity contribution in [2.45, 2.75) is 27.2 Å². The Labute approximate surface area is 78.5 Å². The molecule has 0 unspecified atom stereocenters. The van der Waals surface area contributed by atoms with Gasteiger partial charge in [-0.05, 0) is 25.0 Å². The van der Waals surface area contributed by atoms with Crippen LogP contribution in [-0.2, 0) is 4.79 Å². The minimum absolute atomic E-state index is 0.218. The fraction of sp³-hybridized carbons (Fsp3) is 0.364. The predicted octanol–water partition coefficient (Wildman–Crippen LogP) is 2.42. The van der Waals surface area contributed by atoms with Gasteiger partial charge in [-0.25, -0.2) is 0 Å². The van der Waals surface area contributed by atoms with Crippen LogP contribution in [-0.4, -0.2) is 5.97 Å². The zero-order valence-corrected chi connectivity index (χ0v) is 8.18. The molecule has 0 atom stereocenters. The molecular formula is C11H13O2. The molecule has 1 aromatic rings. The first kappa shape index (κ1) is 9.78. The van der Waals surface area contributed by atoms with Crippen LogP contribution in [0.5, 0.6) is 5.75 Å². The minimum atomic E-state index is -0.218. The fourth-order valence-electron chi connectivity index (χ4n) is 0.947. The van der Waals surface area contributed by atoms with E-state index >= 15 is 0 Å². The lowest BCUT2D eigenvalue weighted by Crippen LogP contribution is -2.06. The Morgan fingerprint density at radius 3 is 2.85 bits per heavy atom. The van der Waals surface area contributed by atoms with Crippen molar-refractivity contribution in [3.8, 4) is 5.75 Å². The van der Waals surface area contributed by atoms with Crippen molar-refractivity contribution in [1.29, 1.82) is 0 Å². The van der Waals surface area contributed by atoms with Crippen molar-refractivity contribution < 1.29 is 9.53 Å². The summed E-state index contributed by atoms with van der Waals surface area (Å²) in [4.78, 5) is 11.0. The van der Waals surface area contributed by atoms with E-state index in [-0.39, 0.29) is 5.97 Å². The van der Waals surface area contributed by atoms with Gasteiger partial charge in [-0.1, -0.05) is 19.1 Å². The van der Waals surface area contributed by atoms with Crippen LogP contribution < -0.4 is 4.74 Å². The van der Waals surface area contributed by atoms with Gasteiger partial charge in [-0.15, -0.1) is 0 Å². The molecule has 0 saturated carbocycles. The lowest BCUT2D eigenvalue weighted by atomic mass is 10.1. The van der Waals surface area contributed by atoms with Gasteiger partial charge >= 0.3 is 5.97 Å². The third-order valence-corrected chi connectivity index (χ3v) is 1.98. The number of aryl methyl sites for hydroxylation is 1. The maximum atomic E-state index is 11.0. The minimum Gasteiger partial charge on any atom is -0.426 e. The second-order valence-corrected chi connectivity index (χ2v) is 2.94. The summed E-state index contributed by atoms with van der Waals surface area (Å²) in [6.07, 6.45) is 0.390. The summed E-state index contributed by atoms with van der Waals surface area (Å²) in [5.41, 5.74) is 2.09. The Bertz CT molecular complexity index is 316. The molecule has 2 nitrogen and oxygen atoms in total. The highest BCUT2D eigenvalue weighted by Gasteiger charge is 2.05. The van der Waals surface area contributed by atoms with Crippen LogP contribution in [0.3, 0.4) is 0 Å². The third-order valence-electron chi connectivity index (χ3n) is 1.98. The van der Waals surface area contributed by atoms with E-state index in [9.17, 15) is 4.79 Å². The summed E-state index contributed by atoms with van der Waals surface area (Å²) in [5, 5.41) is 0. The Kier molecular flexibility index (Phi) is 3.07. The lowest BCUT2D eigenvalue weighted by molar-refractivity contribution is -0.134. The van der Waals surface area contributed by atoms with E-state index in [1.165, 1.54) is 0 Å². The summed E-state index contributed by atoms with van der Waals surface area (Å²) in [7, 11) is 0. The normalized spacial score (nSPS) is 9.77. The van der Waals surface area contributed by atoms with Crippen molar-refractivity contribution in [1.82, 2.24) is 0 Å². The molecule has 0 aliphatic heterocycles. The van der Waals surface area contributed by atoms with E-state index in [0.29, 0.717) is 12.2 Å². The van der Waals surface area contributed by atoms with Gasteiger partial charge in [0.25, 0.3) is 0 Å². The maximum absolute atomic E-state index is 11.0. The van der Waals surface area contributed by atoms with E-state index in [4.69, 9.17) is 4.74 Å². The Morgan fingerprint density at radius 2 is 2.23 bits per heavy atom. The SMILES string of the molecule is CCC(=O)Oc1[c]ccc(C)c1C. The Balaban J connectivity index is 2.89. The molecule has 0 amide bonds. The van der Waals surface area contributed by atoms with Crippen molar-refractivity contribution >= 4 is 5.97 Å². The molecule has 1 radical (unpaired) electrons. The molecule has 0 heterocycles. The highest BCUT2D eigenvalue weighted by Crippen LogP contribution is 2.20. The van der Waals surface area contributed by atoms with Crippen LogP contribution in [0.1, 0.15) is 24.5 Å². The molecule has 13 heavy (non-hydrogen) atoms. The monoisotopic (exact) mass is 177 g/mol. The first-order chi connectivity index (χ1) is 6.15. The van der Waals surface area contributed by atoms with E-state index in [1.807, 2.05) is 19.9 Å². The van der Waals surface area contributed by atoms with Crippen LogP contribution in [0.15, 0.2) is 12.1 Å². The Hall–Kier alpha value is -1.31. The zero-order valence-electron chi connectivity index (χ0n) is 8.18. The fourth-order valence-corrected chi connectivity index (χ4v) is 0.947. The van der Waals surface area contributed by atoms with Gasteiger partial charge in [0.05, 0.1) is 0 Å². The highest BCUT2D eigenvalue weighted by atomic mass is 16.5. The number of carbonyl (C=O) groups is 1. The molecule has 0 aliphatic carbocycles. The lowest BCUT2D eigenvalue weighted by Gasteiger charge is -2.07. The molecule has 0 bridgehead atoms. The summed E-state index contributed by atoms with van der Waals surface area (Å²) >= 11 is 0. The number of ether oxygens (including phenoxy) is 1. The first-order valence-electron chi connectivity index (χ1n) is 4.33. The van der Waals surface area contributed by atoms with Gasteiger partial charge in [0.1, 0.15) is 5.75 Å². The molecule has 0 fully saturated rings. The van der Waals surface area contributed by atoms with Gasteiger partial charge in [0.15, 0.2) is 0 Å². The highest BCUT2D eigenvalue weighted by molar-refractivity contribution is 5.72. The quantitative estimate of drug-likeness (QED) is 0.512. The van der Waals surface area contributed by atoms with Crippen LogP contribution in [0.25, 0.3) is 0 Å². The van der Waals surface area contributed by atoms with Gasteiger partial charge in [-0.3, -0.25) is 4.79 Å². The van der Waals surface area contributed by atoms with Gasteiger partial charge in [-0.2, -0.15) is 0 Å². The maximum Gasteiger partial charge on any atom is 0.310 e. The summed E-state index contributed by atoms with van der Waals surface area (Å²) in [6, 6.07) is 6.61. The van der Waals surface area contributed by atoms with Gasteiger partial charge in [0, 0.05) is 12.5 Å². The zero-order chi connectivity index (χ0) is 9.84. The van der Waals surface area contributed by atoms with Gasteiger partial charge in [0.2, 0.25) is 0 Å². The van der Waals surface area contributed by atoms with Crippen molar-refractivity contribution in [3.63, 3.8) is 0 Å². The van der Waals surface area contributed by atoms with Crippen LogP contribution in [0.2, 0.25) is 0 Å². The van der Waals surface area contributed by atoms with Crippen molar-refractivity contribution in [2.24, 2.45) is 0 Å². The topological polar surface area (TPSA) is 26.3 Å². The molecule has 69 valence electrons. The number of rotatable bonds is 2. The molecule has 0 aliphatic rings. The van der Waals surface area contributed by atoms with Crippen LogP contribution in [0.4, 0.5) is 0 Å². The molecule has 2 heteroatoms. The smallest absolute Gasteiger partial charge is 0.310 e. The molecule has 0 aromatic heterocycles. The summed E-state index contributed by atoms with van der Waals surface area (Å²) in [6.45, 7) is 5.67. The molecule has 0 N–H and O–H groups in total. The van der Waals surface area contributed by atoms with Crippen molar-refractivity contribution in [2.75, 3.05) is 0 Å². The molecule has 1 rings (SSSR count). The Morgan fingerprint density at radius 1 is 1.54 bits per heavy atom. The second kappa shape index (κ2) is 4.08. The molecule has 1 aromatic carbocycles. The standard InChI is InChI=1S/C11H13O2/c1-4-11(12)13-10-7-5-6-8(2)9(10)3/h5-6H,4H2,1-3H3. The van der Waals surface area contributed by atoms with E-state index in [0.717, 1.165) is 11.1 Å². The predicted molar refractivity (Wildman–Crippen MR) is 50.7 cm³/mol. The molecular weight excluding hydrogens is 164 g/mol. The summed E-state index contributed by atoms with van der Waals surface area (Å²) in [5.74, 6) is 0.330. The number of esters is 1. The van der Waals surface area contributed by atoms with Crippen molar-refractivity contribution in [3.05, 3.63) is 29.3 Å². The van der Waals surface area contributed by atoms with E-state index < -0.39 is 0 Å². The number of hydrogen-bond acceptors (Lipinski definition) is 2. The number of benzene rings is 1. The van der Waals surface area contributed by atoms with E-state index in [2.05, 4.69) is 6.07 Å². The van der Waals surface area contributed by atoms with Crippen LogP contribution in [0, 0.1) is 19.9 Å². The molecule has 0 saturated heterocycles. The average molecular weight is 177 g/mol. The average Bonchev–Trinajstić information content (AvgIpc) is 2.13. The third kappa shape index (κ3) is 2.31. The van der Waals surface area contributed by atoms with Crippen LogP contribution >= 0.6 is 0 Å². The largest absolute Gasteiger partial charge is 0.426 e. The number of carbonyl (C=O) groups excluding carboxylic acids is 1. The van der Waals surface area contributed by atoms with E-state index in [1.54, 1.807) is 13.0 Å². The first-order valence-corrected chi connectivity index (χ1v) is 4.33. The second-order valence-electron chi connectivity index (χ2n) is 2.94.